The zero-order valence-corrected chi connectivity index (χ0v) is 14.7. The molecule has 2 aliphatic heterocycles. The number of benzene rings is 1. The van der Waals surface area contributed by atoms with Crippen LogP contribution in [0.15, 0.2) is 22.7 Å². The zero-order chi connectivity index (χ0) is 14.9. The van der Waals surface area contributed by atoms with Crippen molar-refractivity contribution in [2.45, 2.75) is 43.9 Å². The first-order valence-corrected chi connectivity index (χ1v) is 9.46. The van der Waals surface area contributed by atoms with E-state index in [1.165, 1.54) is 5.75 Å². The van der Waals surface area contributed by atoms with Gasteiger partial charge in [0.25, 0.3) is 0 Å². The van der Waals surface area contributed by atoms with Crippen molar-refractivity contribution < 1.29 is 9.47 Å². The first-order valence-electron chi connectivity index (χ1n) is 7.51. The van der Waals surface area contributed by atoms with E-state index in [9.17, 15) is 0 Å². The quantitative estimate of drug-likeness (QED) is 0.874. The molecule has 2 saturated heterocycles. The maximum atomic E-state index is 6.30. The third kappa shape index (κ3) is 3.58. The van der Waals surface area contributed by atoms with Crippen LogP contribution in [-0.2, 0) is 4.74 Å². The Morgan fingerprint density at radius 3 is 3.10 bits per heavy atom. The molecule has 3 rings (SSSR count). The van der Waals surface area contributed by atoms with Crippen molar-refractivity contribution in [3.63, 3.8) is 0 Å². The van der Waals surface area contributed by atoms with E-state index in [0.29, 0.717) is 0 Å². The molecule has 3 atom stereocenters. The Hall–Kier alpha value is -0.230. The maximum Gasteiger partial charge on any atom is 0.124 e. The predicted octanol–water partition coefficient (Wildman–Crippen LogP) is 3.90. The lowest BCUT2D eigenvalue weighted by molar-refractivity contribution is -0.0960. The molecular formula is C16H22BrNO2S. The van der Waals surface area contributed by atoms with Crippen LogP contribution in [0, 0.1) is 0 Å². The van der Waals surface area contributed by atoms with Crippen molar-refractivity contribution >= 4 is 27.7 Å². The Labute approximate surface area is 139 Å². The highest BCUT2D eigenvalue weighted by Crippen LogP contribution is 2.40. The van der Waals surface area contributed by atoms with E-state index in [2.05, 4.69) is 22.0 Å². The Bertz CT molecular complexity index is 503. The monoisotopic (exact) mass is 371 g/mol. The van der Waals surface area contributed by atoms with E-state index in [1.54, 1.807) is 0 Å². The molecule has 21 heavy (non-hydrogen) atoms. The van der Waals surface area contributed by atoms with Crippen LogP contribution in [0.3, 0.4) is 0 Å². The number of thioether (sulfide) groups is 1. The highest BCUT2D eigenvalue weighted by atomic mass is 79.9. The van der Waals surface area contributed by atoms with Crippen LogP contribution in [-0.4, -0.2) is 29.8 Å². The largest absolute Gasteiger partial charge is 0.490 e. The predicted molar refractivity (Wildman–Crippen MR) is 91.0 cm³/mol. The minimum absolute atomic E-state index is 0.0339. The summed E-state index contributed by atoms with van der Waals surface area (Å²) in [6, 6.07) is 6.06. The molecule has 0 aliphatic carbocycles. The van der Waals surface area contributed by atoms with Crippen LogP contribution in [0.4, 0.5) is 0 Å². The fraction of sp³-hybridized carbons (Fsp3) is 0.625. The summed E-state index contributed by atoms with van der Waals surface area (Å²) in [6.45, 7) is 2.79. The molecule has 0 saturated carbocycles. The molecule has 0 radical (unpaired) electrons. The summed E-state index contributed by atoms with van der Waals surface area (Å²) >= 11 is 5.50. The van der Waals surface area contributed by atoms with Crippen LogP contribution < -0.4 is 10.5 Å². The first kappa shape index (κ1) is 15.7. The van der Waals surface area contributed by atoms with Gasteiger partial charge >= 0.3 is 0 Å². The molecule has 0 bridgehead atoms. The molecule has 2 heterocycles. The fourth-order valence-corrected chi connectivity index (χ4v) is 4.87. The average Bonchev–Trinajstić information content (AvgIpc) is 2.88. The maximum absolute atomic E-state index is 6.30. The molecule has 0 aromatic heterocycles. The minimum Gasteiger partial charge on any atom is -0.490 e. The van der Waals surface area contributed by atoms with Gasteiger partial charge in [0.05, 0.1) is 12.2 Å². The van der Waals surface area contributed by atoms with Crippen molar-refractivity contribution in [1.82, 2.24) is 0 Å². The molecule has 0 amide bonds. The molecule has 3 nitrogen and oxygen atoms in total. The molecule has 1 aromatic carbocycles. The lowest BCUT2D eigenvalue weighted by Gasteiger charge is -2.38. The normalized spacial score (nSPS) is 30.5. The van der Waals surface area contributed by atoms with Gasteiger partial charge in [0, 0.05) is 34.7 Å². The van der Waals surface area contributed by atoms with Crippen LogP contribution in [0.2, 0.25) is 0 Å². The molecule has 5 heteroatoms. The van der Waals surface area contributed by atoms with Gasteiger partial charge < -0.3 is 15.2 Å². The van der Waals surface area contributed by atoms with Crippen LogP contribution in [0.1, 0.15) is 37.8 Å². The number of nitrogens with two attached hydrogens (primary N) is 1. The number of rotatable bonds is 3. The molecule has 2 aliphatic rings. The fourth-order valence-electron chi connectivity index (χ4n) is 3.11. The summed E-state index contributed by atoms with van der Waals surface area (Å²) < 4.78 is 13.4. The highest BCUT2D eigenvalue weighted by molar-refractivity contribution is 9.10. The Morgan fingerprint density at radius 2 is 2.38 bits per heavy atom. The molecule has 2 fully saturated rings. The SMILES string of the molecule is CC(N)c1cc(Br)ccc1OC1CCOC2(CCSC2)C1. The molecule has 1 aromatic rings. The molecule has 3 unspecified atom stereocenters. The Morgan fingerprint density at radius 1 is 1.52 bits per heavy atom. The van der Waals surface area contributed by atoms with Gasteiger partial charge in [-0.05, 0) is 37.3 Å². The van der Waals surface area contributed by atoms with Crippen molar-refractivity contribution in [2.24, 2.45) is 5.73 Å². The molecular weight excluding hydrogens is 350 g/mol. The van der Waals surface area contributed by atoms with E-state index in [0.717, 1.165) is 47.4 Å². The minimum atomic E-state index is -0.0339. The number of hydrogen-bond acceptors (Lipinski definition) is 4. The van der Waals surface area contributed by atoms with E-state index in [1.807, 2.05) is 30.8 Å². The number of hydrogen-bond donors (Lipinski definition) is 1. The van der Waals surface area contributed by atoms with Gasteiger partial charge in [-0.3, -0.25) is 0 Å². The summed E-state index contributed by atoms with van der Waals surface area (Å²) in [5, 5.41) is 0. The molecule has 116 valence electrons. The summed E-state index contributed by atoms with van der Waals surface area (Å²) in [7, 11) is 0. The second kappa shape index (κ2) is 6.49. The van der Waals surface area contributed by atoms with Gasteiger partial charge in [0.15, 0.2) is 0 Å². The van der Waals surface area contributed by atoms with Crippen molar-refractivity contribution in [1.29, 1.82) is 0 Å². The van der Waals surface area contributed by atoms with Gasteiger partial charge in [-0.15, -0.1) is 0 Å². The molecule has 2 N–H and O–H groups in total. The first-order chi connectivity index (χ1) is 10.1. The molecule has 1 spiro atoms. The second-order valence-corrected chi connectivity index (χ2v) is 8.06. The Balaban J connectivity index is 1.74. The highest BCUT2D eigenvalue weighted by Gasteiger charge is 2.41. The number of ether oxygens (including phenoxy) is 2. The standard InChI is InChI=1S/C16H22BrNO2S/c1-11(18)14-8-12(17)2-3-15(14)20-13-4-6-19-16(9-13)5-7-21-10-16/h2-3,8,11,13H,4-7,9-10,18H2,1H3. The smallest absolute Gasteiger partial charge is 0.124 e. The van der Waals surface area contributed by atoms with E-state index >= 15 is 0 Å². The zero-order valence-electron chi connectivity index (χ0n) is 12.3. The summed E-state index contributed by atoms with van der Waals surface area (Å²) in [4.78, 5) is 0. The average molecular weight is 372 g/mol. The topological polar surface area (TPSA) is 44.5 Å². The van der Waals surface area contributed by atoms with Gasteiger partial charge in [-0.25, -0.2) is 0 Å². The Kier molecular flexibility index (Phi) is 4.84. The third-order valence-corrected chi connectivity index (χ3v) is 5.99. The van der Waals surface area contributed by atoms with Gasteiger partial charge in [0.2, 0.25) is 0 Å². The lowest BCUT2D eigenvalue weighted by Crippen LogP contribution is -2.44. The summed E-state index contributed by atoms with van der Waals surface area (Å²) in [5.41, 5.74) is 7.19. The van der Waals surface area contributed by atoms with Gasteiger partial charge in [-0.2, -0.15) is 11.8 Å². The van der Waals surface area contributed by atoms with E-state index in [4.69, 9.17) is 15.2 Å². The van der Waals surface area contributed by atoms with Crippen LogP contribution in [0.5, 0.6) is 5.75 Å². The van der Waals surface area contributed by atoms with Gasteiger partial charge in [-0.1, -0.05) is 15.9 Å². The second-order valence-electron chi connectivity index (χ2n) is 6.04. The van der Waals surface area contributed by atoms with Crippen LogP contribution in [0.25, 0.3) is 0 Å². The lowest BCUT2D eigenvalue weighted by atomic mass is 9.91. The third-order valence-electron chi connectivity index (χ3n) is 4.27. The van der Waals surface area contributed by atoms with Gasteiger partial charge in [0.1, 0.15) is 11.9 Å². The van der Waals surface area contributed by atoms with E-state index < -0.39 is 0 Å². The van der Waals surface area contributed by atoms with Crippen LogP contribution >= 0.6 is 27.7 Å². The van der Waals surface area contributed by atoms with Crippen molar-refractivity contribution in [2.75, 3.05) is 18.1 Å². The summed E-state index contributed by atoms with van der Waals surface area (Å²) in [6.07, 6.45) is 3.34. The van der Waals surface area contributed by atoms with Crippen molar-refractivity contribution in [3.8, 4) is 5.75 Å². The summed E-state index contributed by atoms with van der Waals surface area (Å²) in [5.74, 6) is 3.23. The number of halogens is 1. The van der Waals surface area contributed by atoms with E-state index in [-0.39, 0.29) is 17.7 Å². The van der Waals surface area contributed by atoms with Crippen molar-refractivity contribution in [3.05, 3.63) is 28.2 Å².